The van der Waals surface area contributed by atoms with Crippen LogP contribution < -0.4 is 4.90 Å². The van der Waals surface area contributed by atoms with E-state index in [9.17, 15) is 0 Å². The van der Waals surface area contributed by atoms with Crippen LogP contribution in [-0.4, -0.2) is 7.05 Å². The molecule has 0 bridgehead atoms. The summed E-state index contributed by atoms with van der Waals surface area (Å²) < 4.78 is 0. The molecule has 0 saturated heterocycles. The fourth-order valence-electron chi connectivity index (χ4n) is 2.64. The van der Waals surface area contributed by atoms with Gasteiger partial charge in [0.05, 0.1) is 0 Å². The average molecular weight is 364 g/mol. The second kappa shape index (κ2) is 10.5. The van der Waals surface area contributed by atoms with Crippen molar-refractivity contribution in [3.8, 4) is 0 Å². The van der Waals surface area contributed by atoms with Gasteiger partial charge in [-0.15, -0.1) is 0 Å². The molecular weight excluding hydrogens is 338 g/mol. The van der Waals surface area contributed by atoms with Crippen molar-refractivity contribution in [1.29, 1.82) is 0 Å². The molecule has 0 unspecified atom stereocenters. The number of allylic oxidation sites excluding steroid dienone is 11. The van der Waals surface area contributed by atoms with Crippen LogP contribution in [0.25, 0.3) is 0 Å². The van der Waals surface area contributed by atoms with Gasteiger partial charge in [-0.1, -0.05) is 103 Å². The summed E-state index contributed by atoms with van der Waals surface area (Å²) in [7, 11) is 2.09. The summed E-state index contributed by atoms with van der Waals surface area (Å²) in [5, 5.41) is 0. The van der Waals surface area contributed by atoms with E-state index in [1.807, 2.05) is 54.6 Å². The number of anilines is 1. The van der Waals surface area contributed by atoms with E-state index < -0.39 is 0 Å². The van der Waals surface area contributed by atoms with Crippen molar-refractivity contribution < 1.29 is 0 Å². The summed E-state index contributed by atoms with van der Waals surface area (Å²) in [5.41, 5.74) is 4.80. The van der Waals surface area contributed by atoms with Gasteiger partial charge in [-0.05, 0) is 41.5 Å². The van der Waals surface area contributed by atoms with Crippen LogP contribution in [0, 0.1) is 0 Å². The zero-order valence-corrected chi connectivity index (χ0v) is 16.1. The molecule has 0 aromatic heterocycles. The van der Waals surface area contributed by atoms with E-state index in [0.717, 1.165) is 11.4 Å². The molecule has 0 spiro atoms. The molecular formula is C27H25N. The van der Waals surface area contributed by atoms with E-state index in [4.69, 9.17) is 0 Å². The minimum absolute atomic E-state index is 1.10. The van der Waals surface area contributed by atoms with Crippen LogP contribution in [0.1, 0.15) is 0 Å². The molecule has 3 rings (SSSR count). The summed E-state index contributed by atoms with van der Waals surface area (Å²) in [6, 6.07) is 26.5. The maximum absolute atomic E-state index is 2.18. The predicted molar refractivity (Wildman–Crippen MR) is 122 cm³/mol. The molecule has 1 heteroatoms. The third-order valence-corrected chi connectivity index (χ3v) is 4.29. The van der Waals surface area contributed by atoms with E-state index in [-0.39, 0.29) is 0 Å². The van der Waals surface area contributed by atoms with Crippen LogP contribution in [-0.2, 0) is 0 Å². The van der Waals surface area contributed by atoms with Gasteiger partial charge in [0.1, 0.15) is 0 Å². The molecule has 0 atom stereocenters. The van der Waals surface area contributed by atoms with Gasteiger partial charge in [-0.3, -0.25) is 0 Å². The molecule has 0 amide bonds. The Morgan fingerprint density at radius 3 is 1.79 bits per heavy atom. The van der Waals surface area contributed by atoms with E-state index in [1.165, 1.54) is 11.1 Å². The van der Waals surface area contributed by atoms with Gasteiger partial charge >= 0.3 is 0 Å². The predicted octanol–water partition coefficient (Wildman–Crippen LogP) is 6.80. The standard InChI is InChI=1S/C27H25N/c1-28(27-21-15-11-12-17-24-23-25(24)18-16-22-27)26-19-13-9-7-5-3-2-4-6-8-10-14-20-26/h2-23H,1H3/b3-2?,4-2?,5-3?,6-4?,7-5?,8-6?,9-7?,10-8?,12-11-,13-9?,14-10?,15-11?,17-12?,18-16-,19-13?,20-14?,21-15?,22-16?,24-17+,25-18?,26-19?,26-20?,27-21?,27-22?. The Morgan fingerprint density at radius 1 is 0.536 bits per heavy atom. The Kier molecular flexibility index (Phi) is 7.22. The topological polar surface area (TPSA) is 3.24 Å². The first-order valence-corrected chi connectivity index (χ1v) is 9.45. The van der Waals surface area contributed by atoms with Crippen LogP contribution in [0.15, 0.2) is 150 Å². The zero-order chi connectivity index (χ0) is 19.4. The molecule has 0 radical (unpaired) electrons. The van der Waals surface area contributed by atoms with Gasteiger partial charge in [0.25, 0.3) is 0 Å². The van der Waals surface area contributed by atoms with Gasteiger partial charge in [0, 0.05) is 18.4 Å². The smallest absolute Gasteiger partial charge is 0.0408 e. The van der Waals surface area contributed by atoms with Gasteiger partial charge in [0.2, 0.25) is 0 Å². The first-order chi connectivity index (χ1) is 13.8. The van der Waals surface area contributed by atoms with Crippen molar-refractivity contribution in [2.45, 2.75) is 0 Å². The molecule has 1 nitrogen and oxygen atoms in total. The zero-order valence-electron chi connectivity index (χ0n) is 16.1. The molecule has 0 N–H and O–H groups in total. The largest absolute Gasteiger partial charge is 0.345 e. The molecule has 28 heavy (non-hydrogen) atoms. The Hall–Kier alpha value is -3.58. The monoisotopic (exact) mass is 363 g/mol. The van der Waals surface area contributed by atoms with E-state index >= 15 is 0 Å². The molecule has 1 aromatic carbocycles. The molecule has 0 aliphatic heterocycles. The molecule has 2 aliphatic rings. The molecule has 138 valence electrons. The normalized spacial score (nSPS) is 18.2. The third kappa shape index (κ3) is 6.30. The van der Waals surface area contributed by atoms with E-state index in [2.05, 4.69) is 90.9 Å². The van der Waals surface area contributed by atoms with E-state index in [1.54, 1.807) is 0 Å². The number of hydrogen-bond acceptors (Lipinski definition) is 1. The van der Waals surface area contributed by atoms with Crippen molar-refractivity contribution in [1.82, 2.24) is 0 Å². The van der Waals surface area contributed by atoms with Gasteiger partial charge in [-0.2, -0.15) is 0 Å². The van der Waals surface area contributed by atoms with Crippen LogP contribution in [0.3, 0.4) is 0 Å². The Labute approximate surface area is 168 Å². The van der Waals surface area contributed by atoms with Crippen molar-refractivity contribution in [3.63, 3.8) is 0 Å². The fourth-order valence-corrected chi connectivity index (χ4v) is 2.64. The second-order valence-corrected chi connectivity index (χ2v) is 6.35. The fraction of sp³-hybridized carbons (Fsp3) is 0.0370. The first-order valence-electron chi connectivity index (χ1n) is 9.45. The van der Waals surface area contributed by atoms with Gasteiger partial charge < -0.3 is 4.90 Å². The van der Waals surface area contributed by atoms with Crippen molar-refractivity contribution in [2.75, 3.05) is 11.9 Å². The molecule has 0 fully saturated rings. The minimum Gasteiger partial charge on any atom is -0.345 e. The quantitative estimate of drug-likeness (QED) is 0.558. The summed E-state index contributed by atoms with van der Waals surface area (Å²) in [4.78, 5) is 2.18. The van der Waals surface area contributed by atoms with Crippen molar-refractivity contribution >= 4 is 5.69 Å². The highest BCUT2D eigenvalue weighted by Crippen LogP contribution is 2.29. The lowest BCUT2D eigenvalue weighted by Gasteiger charge is -2.19. The van der Waals surface area contributed by atoms with Crippen LogP contribution in [0.5, 0.6) is 0 Å². The number of fused-ring (bicyclic) bond motifs is 1. The summed E-state index contributed by atoms with van der Waals surface area (Å²) >= 11 is 0. The molecule has 1 aromatic rings. The SMILES string of the molecule is CN(C1=C/C=C\C2=CC/2=C\C=C/C=C1)c1ccccccccccccc1. The van der Waals surface area contributed by atoms with Gasteiger partial charge in [-0.25, -0.2) is 0 Å². The minimum atomic E-state index is 1.10. The number of rotatable bonds is 2. The maximum atomic E-state index is 2.18. The second-order valence-electron chi connectivity index (χ2n) is 6.35. The number of likely N-dealkylation sites (N-methyl/N-ethyl adjacent to an activating group) is 1. The van der Waals surface area contributed by atoms with Gasteiger partial charge in [0.15, 0.2) is 0 Å². The lowest BCUT2D eigenvalue weighted by atomic mass is 10.2. The lowest BCUT2D eigenvalue weighted by Crippen LogP contribution is -2.14. The average Bonchev–Trinajstić information content (AvgIpc) is 3.45. The Bertz CT molecular complexity index is 949. The molecule has 2 aliphatic carbocycles. The third-order valence-electron chi connectivity index (χ3n) is 4.29. The number of nitrogens with zero attached hydrogens (tertiary/aromatic N) is 1. The highest BCUT2D eigenvalue weighted by Gasteiger charge is 2.11. The molecule has 0 saturated carbocycles. The number of hydrogen-bond donors (Lipinski definition) is 0. The van der Waals surface area contributed by atoms with Crippen molar-refractivity contribution in [2.24, 2.45) is 0 Å². The first kappa shape index (κ1) is 19.2. The summed E-state index contributed by atoms with van der Waals surface area (Å²) in [5.74, 6) is 0. The molecule has 0 heterocycles. The lowest BCUT2D eigenvalue weighted by molar-refractivity contribution is 1.14. The summed E-state index contributed by atoms with van der Waals surface area (Å²) in [6.07, 6.45) is 19.1. The Balaban J connectivity index is 1.95. The van der Waals surface area contributed by atoms with Crippen LogP contribution in [0.2, 0.25) is 0 Å². The van der Waals surface area contributed by atoms with E-state index in [0.29, 0.717) is 0 Å². The van der Waals surface area contributed by atoms with Crippen molar-refractivity contribution in [3.05, 3.63) is 150 Å². The Morgan fingerprint density at radius 2 is 1.14 bits per heavy atom. The van der Waals surface area contributed by atoms with Crippen LogP contribution in [0.4, 0.5) is 5.69 Å². The highest BCUT2D eigenvalue weighted by atomic mass is 15.1. The van der Waals surface area contributed by atoms with Crippen LogP contribution >= 0.6 is 0 Å². The maximum Gasteiger partial charge on any atom is 0.0408 e. The highest BCUT2D eigenvalue weighted by molar-refractivity contribution is 5.65. The summed E-state index contributed by atoms with van der Waals surface area (Å²) in [6.45, 7) is 0.